The molecule has 0 aliphatic rings. The summed E-state index contributed by atoms with van der Waals surface area (Å²) in [6.07, 6.45) is 0.740. The molecule has 116 valence electrons. The quantitative estimate of drug-likeness (QED) is 0.799. The van der Waals surface area contributed by atoms with E-state index >= 15 is 0 Å². The lowest BCUT2D eigenvalue weighted by atomic mass is 10.1. The molecule has 2 aromatic rings. The first-order chi connectivity index (χ1) is 10.5. The summed E-state index contributed by atoms with van der Waals surface area (Å²) in [4.78, 5) is 11.9. The third-order valence-electron chi connectivity index (χ3n) is 3.26. The number of halogens is 2. The monoisotopic (exact) mass is 320 g/mol. The number of hydrogen-bond donors (Lipinski definition) is 2. The summed E-state index contributed by atoms with van der Waals surface area (Å²) >= 11 is 5.91. The molecule has 5 heteroatoms. The molecule has 0 aromatic heterocycles. The molecule has 2 aromatic carbocycles. The smallest absolute Gasteiger partial charge is 0.238 e. The van der Waals surface area contributed by atoms with Gasteiger partial charge < -0.3 is 10.6 Å². The van der Waals surface area contributed by atoms with Gasteiger partial charge in [-0.2, -0.15) is 0 Å². The predicted octanol–water partition coefficient (Wildman–Crippen LogP) is 3.56. The van der Waals surface area contributed by atoms with Crippen molar-refractivity contribution < 1.29 is 9.18 Å². The Balaban J connectivity index is 1.74. The molecule has 2 rings (SSSR count). The fourth-order valence-electron chi connectivity index (χ4n) is 2.01. The number of hydrogen-bond acceptors (Lipinski definition) is 2. The molecule has 0 atom stereocenters. The second kappa shape index (κ2) is 7.92. The van der Waals surface area contributed by atoms with E-state index in [0.717, 1.165) is 23.2 Å². The maximum absolute atomic E-state index is 12.8. The van der Waals surface area contributed by atoms with E-state index in [1.54, 1.807) is 24.3 Å². The van der Waals surface area contributed by atoms with Gasteiger partial charge in [0, 0.05) is 10.7 Å². The van der Waals surface area contributed by atoms with Crippen LogP contribution in [0.25, 0.3) is 0 Å². The van der Waals surface area contributed by atoms with Crippen LogP contribution in [0.5, 0.6) is 0 Å². The molecule has 0 radical (unpaired) electrons. The molecular weight excluding hydrogens is 303 g/mol. The Morgan fingerprint density at radius 3 is 2.64 bits per heavy atom. The molecule has 3 nitrogen and oxygen atoms in total. The Hall–Kier alpha value is -1.91. The second-order valence-electron chi connectivity index (χ2n) is 5.06. The van der Waals surface area contributed by atoms with Crippen molar-refractivity contribution in [2.45, 2.75) is 13.3 Å². The first-order valence-corrected chi connectivity index (χ1v) is 7.43. The maximum Gasteiger partial charge on any atom is 0.238 e. The topological polar surface area (TPSA) is 41.1 Å². The zero-order valence-corrected chi connectivity index (χ0v) is 13.1. The van der Waals surface area contributed by atoms with Crippen LogP contribution < -0.4 is 10.6 Å². The molecule has 2 N–H and O–H groups in total. The summed E-state index contributed by atoms with van der Waals surface area (Å²) in [5, 5.41) is 6.47. The number of amides is 1. The first-order valence-electron chi connectivity index (χ1n) is 7.06. The molecule has 0 aliphatic heterocycles. The van der Waals surface area contributed by atoms with Crippen LogP contribution in [-0.4, -0.2) is 19.0 Å². The van der Waals surface area contributed by atoms with Crippen LogP contribution in [-0.2, 0) is 11.2 Å². The largest absolute Gasteiger partial charge is 0.325 e. The third-order valence-corrected chi connectivity index (χ3v) is 3.50. The minimum absolute atomic E-state index is 0.121. The van der Waals surface area contributed by atoms with Gasteiger partial charge in [-0.3, -0.25) is 4.79 Å². The normalized spacial score (nSPS) is 10.5. The molecule has 0 spiro atoms. The Kier molecular flexibility index (Phi) is 5.92. The zero-order valence-electron chi connectivity index (χ0n) is 12.3. The zero-order chi connectivity index (χ0) is 15.9. The molecule has 0 aliphatic carbocycles. The molecule has 0 unspecified atom stereocenters. The second-order valence-corrected chi connectivity index (χ2v) is 5.50. The summed E-state index contributed by atoms with van der Waals surface area (Å²) in [5.41, 5.74) is 2.71. The van der Waals surface area contributed by atoms with Crippen molar-refractivity contribution in [1.29, 1.82) is 0 Å². The highest BCUT2D eigenvalue weighted by atomic mass is 35.5. The SMILES string of the molecule is Cc1ccc(Cl)cc1NC(=O)CNCCc1ccc(F)cc1. The van der Waals surface area contributed by atoms with E-state index in [1.807, 2.05) is 13.0 Å². The molecule has 0 saturated carbocycles. The molecular formula is C17H18ClFN2O. The number of aryl methyl sites for hydroxylation is 1. The van der Waals surface area contributed by atoms with Gasteiger partial charge >= 0.3 is 0 Å². The van der Waals surface area contributed by atoms with E-state index in [1.165, 1.54) is 12.1 Å². The van der Waals surface area contributed by atoms with Crippen LogP contribution >= 0.6 is 11.6 Å². The van der Waals surface area contributed by atoms with Crippen LogP contribution in [0.4, 0.5) is 10.1 Å². The Labute approximate surface area is 134 Å². The number of carbonyl (C=O) groups excluding carboxylic acids is 1. The van der Waals surface area contributed by atoms with Crippen LogP contribution in [0.1, 0.15) is 11.1 Å². The van der Waals surface area contributed by atoms with Crippen molar-refractivity contribution >= 4 is 23.2 Å². The fourth-order valence-corrected chi connectivity index (χ4v) is 2.18. The van der Waals surface area contributed by atoms with Gasteiger partial charge in [0.05, 0.1) is 6.54 Å². The van der Waals surface area contributed by atoms with Gasteiger partial charge in [-0.05, 0) is 55.3 Å². The van der Waals surface area contributed by atoms with Crippen molar-refractivity contribution in [3.8, 4) is 0 Å². The number of benzene rings is 2. The minimum atomic E-state index is -0.243. The highest BCUT2D eigenvalue weighted by molar-refractivity contribution is 6.31. The van der Waals surface area contributed by atoms with Gasteiger partial charge in [0.15, 0.2) is 0 Å². The van der Waals surface area contributed by atoms with Crippen molar-refractivity contribution in [3.05, 3.63) is 64.4 Å². The first kappa shape index (κ1) is 16.5. The third kappa shape index (κ3) is 5.13. The summed E-state index contributed by atoms with van der Waals surface area (Å²) < 4.78 is 12.8. The van der Waals surface area contributed by atoms with Crippen LogP contribution in [0.2, 0.25) is 5.02 Å². The van der Waals surface area contributed by atoms with E-state index in [0.29, 0.717) is 11.6 Å². The molecule has 1 amide bonds. The lowest BCUT2D eigenvalue weighted by Gasteiger charge is -2.09. The van der Waals surface area contributed by atoms with E-state index < -0.39 is 0 Å². The molecule has 22 heavy (non-hydrogen) atoms. The maximum atomic E-state index is 12.8. The average molecular weight is 321 g/mol. The van der Waals surface area contributed by atoms with Crippen LogP contribution in [0.3, 0.4) is 0 Å². The summed E-state index contributed by atoms with van der Waals surface area (Å²) in [7, 11) is 0. The number of anilines is 1. The fraction of sp³-hybridized carbons (Fsp3) is 0.235. The van der Waals surface area contributed by atoms with Gasteiger partial charge in [0.2, 0.25) is 5.91 Å². The highest BCUT2D eigenvalue weighted by Crippen LogP contribution is 2.19. The number of nitrogens with one attached hydrogen (secondary N) is 2. The van der Waals surface area contributed by atoms with Gasteiger partial charge in [-0.1, -0.05) is 29.8 Å². The van der Waals surface area contributed by atoms with E-state index in [4.69, 9.17) is 11.6 Å². The van der Waals surface area contributed by atoms with Crippen LogP contribution in [0.15, 0.2) is 42.5 Å². The van der Waals surface area contributed by atoms with Crippen LogP contribution in [0, 0.1) is 12.7 Å². The summed E-state index contributed by atoms with van der Waals surface area (Å²) in [6.45, 7) is 2.77. The van der Waals surface area contributed by atoms with Gasteiger partial charge in [0.1, 0.15) is 5.82 Å². The van der Waals surface area contributed by atoms with Gasteiger partial charge in [0.25, 0.3) is 0 Å². The van der Waals surface area contributed by atoms with Crippen molar-refractivity contribution in [1.82, 2.24) is 5.32 Å². The van der Waals surface area contributed by atoms with E-state index in [9.17, 15) is 9.18 Å². The van der Waals surface area contributed by atoms with E-state index in [-0.39, 0.29) is 18.3 Å². The van der Waals surface area contributed by atoms with Gasteiger partial charge in [-0.25, -0.2) is 4.39 Å². The average Bonchev–Trinajstić information content (AvgIpc) is 2.49. The highest BCUT2D eigenvalue weighted by Gasteiger charge is 2.05. The molecule has 0 bridgehead atoms. The molecule has 0 heterocycles. The Morgan fingerprint density at radius 2 is 1.91 bits per heavy atom. The van der Waals surface area contributed by atoms with Crippen molar-refractivity contribution in [2.24, 2.45) is 0 Å². The van der Waals surface area contributed by atoms with E-state index in [2.05, 4.69) is 10.6 Å². The van der Waals surface area contributed by atoms with Gasteiger partial charge in [-0.15, -0.1) is 0 Å². The predicted molar refractivity (Wildman–Crippen MR) is 87.8 cm³/mol. The van der Waals surface area contributed by atoms with Crippen molar-refractivity contribution in [3.63, 3.8) is 0 Å². The minimum Gasteiger partial charge on any atom is -0.325 e. The molecule has 0 fully saturated rings. The Morgan fingerprint density at radius 1 is 1.18 bits per heavy atom. The Bertz CT molecular complexity index is 644. The lowest BCUT2D eigenvalue weighted by molar-refractivity contribution is -0.115. The lowest BCUT2D eigenvalue weighted by Crippen LogP contribution is -2.29. The van der Waals surface area contributed by atoms with Crippen molar-refractivity contribution in [2.75, 3.05) is 18.4 Å². The number of rotatable bonds is 6. The molecule has 0 saturated heterocycles. The summed E-state index contributed by atoms with van der Waals surface area (Å²) in [6, 6.07) is 11.7. The number of carbonyl (C=O) groups is 1. The standard InChI is InChI=1S/C17H18ClFN2O/c1-12-2-5-14(18)10-16(12)21-17(22)11-20-9-8-13-3-6-15(19)7-4-13/h2-7,10,20H,8-9,11H2,1H3,(H,21,22). The summed E-state index contributed by atoms with van der Waals surface area (Å²) in [5.74, 6) is -0.363.